The van der Waals surface area contributed by atoms with Crippen molar-refractivity contribution in [3.8, 4) is 0 Å². The Kier molecular flexibility index (Phi) is 3.32. The van der Waals surface area contributed by atoms with Crippen LogP contribution in [0.1, 0.15) is 19.1 Å². The molecule has 0 spiro atoms. The smallest absolute Gasteiger partial charge is 0.224 e. The molecule has 1 saturated heterocycles. The normalized spacial score (nSPS) is 30.9. The van der Waals surface area contributed by atoms with E-state index in [4.69, 9.17) is 15.6 Å². The topological polar surface area (TPSA) is 131 Å². The summed E-state index contributed by atoms with van der Waals surface area (Å²) in [6.07, 6.45) is -1.76. The van der Waals surface area contributed by atoms with Gasteiger partial charge in [-0.05, 0) is 12.8 Å². The average molecular weight is 324 g/mol. The highest BCUT2D eigenvalue weighted by Crippen LogP contribution is 2.35. The predicted octanol–water partition coefficient (Wildman–Crippen LogP) is -0.429. The summed E-state index contributed by atoms with van der Waals surface area (Å²) in [4.78, 5) is 12.5. The highest BCUT2D eigenvalue weighted by molar-refractivity contribution is 5.84. The minimum Gasteiger partial charge on any atom is -0.394 e. The number of nitrogen functional groups attached to an aromatic ring is 1. The van der Waals surface area contributed by atoms with Crippen molar-refractivity contribution in [3.63, 3.8) is 0 Å². The van der Waals surface area contributed by atoms with Crippen LogP contribution in [0.25, 0.3) is 11.2 Å². The molecule has 1 saturated carbocycles. The van der Waals surface area contributed by atoms with Gasteiger partial charge in [-0.15, -0.1) is 0 Å². The number of alkyl halides is 1. The van der Waals surface area contributed by atoms with Crippen LogP contribution in [-0.4, -0.2) is 60.8 Å². The summed E-state index contributed by atoms with van der Waals surface area (Å²) in [5.41, 5.74) is 6.52. The van der Waals surface area contributed by atoms with E-state index in [0.717, 1.165) is 12.8 Å². The van der Waals surface area contributed by atoms with E-state index < -0.39 is 31.2 Å². The molecule has 9 nitrogen and oxygen atoms in total. The van der Waals surface area contributed by atoms with Crippen LogP contribution in [0.15, 0.2) is 6.33 Å². The number of aromatic nitrogens is 4. The Morgan fingerprint density at radius 1 is 1.43 bits per heavy atom. The molecule has 2 aliphatic rings. The number of anilines is 2. The van der Waals surface area contributed by atoms with Crippen LogP contribution in [0, 0.1) is 0 Å². The number of aliphatic hydroxyl groups is 2. The maximum absolute atomic E-state index is 14.3. The predicted molar refractivity (Wildman–Crippen MR) is 78.3 cm³/mol. The number of aliphatic hydroxyl groups excluding tert-OH is 2. The number of nitrogens with two attached hydrogens (primary N) is 1. The van der Waals surface area contributed by atoms with Gasteiger partial charge in [-0.3, -0.25) is 4.57 Å². The molecule has 23 heavy (non-hydrogen) atoms. The third-order valence-corrected chi connectivity index (χ3v) is 4.10. The first kappa shape index (κ1) is 14.5. The fraction of sp³-hybridized carbons (Fsp3) is 0.615. The van der Waals surface area contributed by atoms with Crippen molar-refractivity contribution in [2.75, 3.05) is 17.7 Å². The number of fused-ring (bicyclic) bond motifs is 1. The lowest BCUT2D eigenvalue weighted by Crippen LogP contribution is -2.30. The van der Waals surface area contributed by atoms with Crippen LogP contribution in [0.3, 0.4) is 0 Å². The van der Waals surface area contributed by atoms with Gasteiger partial charge in [0, 0.05) is 6.04 Å². The number of hydrogen-bond acceptors (Lipinski definition) is 8. The second-order valence-corrected chi connectivity index (χ2v) is 5.86. The molecule has 10 heteroatoms. The molecule has 1 aliphatic carbocycles. The third-order valence-electron chi connectivity index (χ3n) is 4.10. The second-order valence-electron chi connectivity index (χ2n) is 5.86. The number of imidazole rings is 1. The molecule has 4 atom stereocenters. The fourth-order valence-corrected chi connectivity index (χ4v) is 2.72. The van der Waals surface area contributed by atoms with Crippen molar-refractivity contribution in [1.82, 2.24) is 19.5 Å². The monoisotopic (exact) mass is 324 g/mol. The first-order valence-corrected chi connectivity index (χ1v) is 7.43. The molecule has 2 aromatic rings. The Labute approximate surface area is 130 Å². The Hall–Kier alpha value is -2.04. The zero-order valence-electron chi connectivity index (χ0n) is 12.1. The van der Waals surface area contributed by atoms with E-state index in [0.29, 0.717) is 23.0 Å². The molecule has 3 heterocycles. The quantitative estimate of drug-likeness (QED) is 0.596. The molecular formula is C13H17FN6O3. The van der Waals surface area contributed by atoms with Gasteiger partial charge in [0.05, 0.1) is 12.9 Å². The largest absolute Gasteiger partial charge is 0.394 e. The van der Waals surface area contributed by atoms with Crippen LogP contribution in [0.5, 0.6) is 0 Å². The molecule has 0 amide bonds. The number of nitrogens with zero attached hydrogens (tertiary/aromatic N) is 4. The molecule has 124 valence electrons. The van der Waals surface area contributed by atoms with E-state index >= 15 is 0 Å². The first-order chi connectivity index (χ1) is 11.1. The number of halogens is 1. The van der Waals surface area contributed by atoms with Crippen molar-refractivity contribution in [2.45, 2.75) is 43.5 Å². The van der Waals surface area contributed by atoms with Crippen LogP contribution in [0.2, 0.25) is 0 Å². The van der Waals surface area contributed by atoms with Gasteiger partial charge in [-0.25, -0.2) is 9.37 Å². The average Bonchev–Trinajstić information content (AvgIpc) is 3.17. The molecule has 0 bridgehead atoms. The zero-order valence-corrected chi connectivity index (χ0v) is 12.1. The van der Waals surface area contributed by atoms with Crippen LogP contribution >= 0.6 is 0 Å². The highest BCUT2D eigenvalue weighted by Gasteiger charge is 2.45. The lowest BCUT2D eigenvalue weighted by molar-refractivity contribution is -0.0459. The molecule has 0 radical (unpaired) electrons. The van der Waals surface area contributed by atoms with Crippen molar-refractivity contribution in [1.29, 1.82) is 0 Å². The van der Waals surface area contributed by atoms with Gasteiger partial charge in [0.2, 0.25) is 5.95 Å². The number of rotatable bonds is 4. The summed E-state index contributed by atoms with van der Waals surface area (Å²) in [5, 5.41) is 22.1. The van der Waals surface area contributed by atoms with E-state index in [1.54, 1.807) is 0 Å². The maximum Gasteiger partial charge on any atom is 0.224 e. The van der Waals surface area contributed by atoms with Crippen molar-refractivity contribution in [3.05, 3.63) is 6.33 Å². The van der Waals surface area contributed by atoms with Gasteiger partial charge in [-0.2, -0.15) is 9.97 Å². The van der Waals surface area contributed by atoms with Crippen LogP contribution in [0.4, 0.5) is 16.2 Å². The summed E-state index contributed by atoms with van der Waals surface area (Å²) in [7, 11) is 0. The molecule has 0 unspecified atom stereocenters. The van der Waals surface area contributed by atoms with Gasteiger partial charge < -0.3 is 26.0 Å². The van der Waals surface area contributed by atoms with E-state index in [-0.39, 0.29) is 5.95 Å². The van der Waals surface area contributed by atoms with Crippen LogP contribution < -0.4 is 11.1 Å². The van der Waals surface area contributed by atoms with Crippen molar-refractivity contribution >= 4 is 22.9 Å². The summed E-state index contributed by atoms with van der Waals surface area (Å²) in [6, 6.07) is 0.342. The van der Waals surface area contributed by atoms with E-state index in [2.05, 4.69) is 20.3 Å². The highest BCUT2D eigenvalue weighted by atomic mass is 19.1. The molecule has 1 aliphatic heterocycles. The fourth-order valence-electron chi connectivity index (χ4n) is 2.72. The Morgan fingerprint density at radius 2 is 2.22 bits per heavy atom. The number of hydrogen-bond donors (Lipinski definition) is 4. The van der Waals surface area contributed by atoms with E-state index in [1.807, 2.05) is 0 Å². The standard InChI is InChI=1S/C13H17FN6O3/c14-7-9(22)6(3-21)23-12(7)20-4-16-8-10(17-5-1-2-5)18-13(15)19-11(8)20/h4-7,9,12,21-22H,1-3H2,(H3,15,17,18,19)/t6-,7-,9-,12-/m1/s1. The maximum atomic E-state index is 14.3. The van der Waals surface area contributed by atoms with E-state index in [1.165, 1.54) is 10.9 Å². The number of nitrogens with one attached hydrogen (secondary N) is 1. The second kappa shape index (κ2) is 5.25. The van der Waals surface area contributed by atoms with Gasteiger partial charge in [0.15, 0.2) is 29.4 Å². The van der Waals surface area contributed by atoms with Gasteiger partial charge >= 0.3 is 0 Å². The Bertz CT molecular complexity index is 736. The summed E-state index contributed by atoms with van der Waals surface area (Å²) < 4.78 is 21.1. The molecule has 2 aromatic heterocycles. The molecule has 0 aromatic carbocycles. The molecular weight excluding hydrogens is 307 g/mol. The van der Waals surface area contributed by atoms with Gasteiger partial charge in [0.1, 0.15) is 12.2 Å². The Morgan fingerprint density at radius 3 is 2.87 bits per heavy atom. The summed E-state index contributed by atoms with van der Waals surface area (Å²) >= 11 is 0. The summed E-state index contributed by atoms with van der Waals surface area (Å²) in [6.45, 7) is -0.476. The van der Waals surface area contributed by atoms with Gasteiger partial charge in [0.25, 0.3) is 0 Å². The van der Waals surface area contributed by atoms with Crippen molar-refractivity contribution in [2.24, 2.45) is 0 Å². The van der Waals surface area contributed by atoms with Crippen LogP contribution in [-0.2, 0) is 4.74 Å². The molecule has 4 rings (SSSR count). The summed E-state index contributed by atoms with van der Waals surface area (Å²) in [5.74, 6) is 0.538. The van der Waals surface area contributed by atoms with Crippen molar-refractivity contribution < 1.29 is 19.3 Å². The lowest BCUT2D eigenvalue weighted by atomic mass is 10.1. The Balaban J connectivity index is 1.74. The first-order valence-electron chi connectivity index (χ1n) is 7.43. The molecule has 5 N–H and O–H groups in total. The minimum atomic E-state index is -1.71. The third kappa shape index (κ3) is 2.38. The lowest BCUT2D eigenvalue weighted by Gasteiger charge is -2.15. The molecule has 2 fully saturated rings. The zero-order chi connectivity index (χ0) is 16.1. The minimum absolute atomic E-state index is 0.0371. The number of ether oxygens (including phenoxy) is 1. The van der Waals surface area contributed by atoms with Gasteiger partial charge in [-0.1, -0.05) is 0 Å². The SMILES string of the molecule is Nc1nc(NC2CC2)c2ncn([C@@H]3O[C@H](CO)[C@@H](O)[C@H]3F)c2n1. The van der Waals surface area contributed by atoms with E-state index in [9.17, 15) is 9.50 Å².